The Morgan fingerprint density at radius 1 is 1.00 bits per heavy atom. The maximum absolute atomic E-state index is 9.19. The Hall–Kier alpha value is -1.41. The third-order valence-electron chi connectivity index (χ3n) is 2.74. The molecule has 0 bridgehead atoms. The average Bonchev–Trinajstić information content (AvgIpc) is 2.34. The van der Waals surface area contributed by atoms with Crippen LogP contribution in [0.1, 0.15) is 11.1 Å². The van der Waals surface area contributed by atoms with E-state index in [0.717, 1.165) is 12.2 Å². The highest BCUT2D eigenvalue weighted by molar-refractivity contribution is 7.99. The van der Waals surface area contributed by atoms with Crippen LogP contribution in [0.15, 0.2) is 53.4 Å². The minimum absolute atomic E-state index is 0.327. The molecule has 0 unspecified atom stereocenters. The largest absolute Gasteiger partial charge is 0.508 e. The summed E-state index contributed by atoms with van der Waals surface area (Å²) in [5.41, 5.74) is 2.78. The predicted octanol–water partition coefficient (Wildman–Crippen LogP) is 4.04. The highest BCUT2D eigenvalue weighted by Gasteiger charge is 1.98. The maximum atomic E-state index is 9.19. The summed E-state index contributed by atoms with van der Waals surface area (Å²) in [4.78, 5) is 1.20. The van der Waals surface area contributed by atoms with E-state index >= 15 is 0 Å². The van der Waals surface area contributed by atoms with Crippen molar-refractivity contribution in [3.8, 4) is 5.75 Å². The van der Waals surface area contributed by atoms with E-state index in [1.165, 1.54) is 16.0 Å². The number of aromatic hydroxyl groups is 1. The van der Waals surface area contributed by atoms with Crippen molar-refractivity contribution in [1.82, 2.24) is 0 Å². The monoisotopic (exact) mass is 244 g/mol. The van der Waals surface area contributed by atoms with Crippen LogP contribution in [-0.2, 0) is 6.42 Å². The van der Waals surface area contributed by atoms with Crippen LogP contribution in [0.4, 0.5) is 0 Å². The summed E-state index contributed by atoms with van der Waals surface area (Å²) in [6, 6.07) is 15.9. The second-order valence-corrected chi connectivity index (χ2v) is 5.19. The van der Waals surface area contributed by atoms with Crippen LogP contribution in [0, 0.1) is 6.92 Å². The molecule has 2 heteroatoms. The van der Waals surface area contributed by atoms with Gasteiger partial charge in [0.2, 0.25) is 0 Å². The Labute approximate surface area is 107 Å². The molecule has 2 aromatic rings. The number of hydrogen-bond donors (Lipinski definition) is 1. The van der Waals surface area contributed by atoms with Gasteiger partial charge in [0.05, 0.1) is 0 Å². The molecule has 0 aliphatic rings. The van der Waals surface area contributed by atoms with Crippen molar-refractivity contribution >= 4 is 11.8 Å². The summed E-state index contributed by atoms with van der Waals surface area (Å²) in [5.74, 6) is 1.39. The van der Waals surface area contributed by atoms with E-state index in [9.17, 15) is 5.11 Å². The first-order valence-corrected chi connectivity index (χ1v) is 6.70. The first-order valence-electron chi connectivity index (χ1n) is 5.72. The van der Waals surface area contributed by atoms with Crippen LogP contribution in [0.3, 0.4) is 0 Å². The normalized spacial score (nSPS) is 10.4. The quantitative estimate of drug-likeness (QED) is 0.819. The average molecular weight is 244 g/mol. The topological polar surface area (TPSA) is 20.2 Å². The lowest BCUT2D eigenvalue weighted by Gasteiger charge is -2.05. The number of phenolic OH excluding ortho intramolecular Hbond substituents is 1. The number of hydrogen-bond acceptors (Lipinski definition) is 2. The molecule has 1 nitrogen and oxygen atoms in total. The summed E-state index contributed by atoms with van der Waals surface area (Å²) in [6.45, 7) is 2.15. The summed E-state index contributed by atoms with van der Waals surface area (Å²) >= 11 is 1.82. The minimum atomic E-state index is 0.327. The van der Waals surface area contributed by atoms with E-state index in [1.54, 1.807) is 12.1 Å². The molecule has 0 heterocycles. The van der Waals surface area contributed by atoms with Gasteiger partial charge in [-0.25, -0.2) is 0 Å². The molecule has 0 saturated carbocycles. The SMILES string of the molecule is Cc1ccccc1CCSc1ccc(O)cc1. The second-order valence-electron chi connectivity index (χ2n) is 4.02. The number of thioether (sulfide) groups is 1. The molecule has 0 spiro atoms. The second kappa shape index (κ2) is 5.78. The van der Waals surface area contributed by atoms with E-state index in [0.29, 0.717) is 5.75 Å². The van der Waals surface area contributed by atoms with Crippen molar-refractivity contribution in [3.63, 3.8) is 0 Å². The first kappa shape index (κ1) is 12.1. The Morgan fingerprint density at radius 2 is 1.71 bits per heavy atom. The Bertz CT molecular complexity index is 477. The third-order valence-corrected chi connectivity index (χ3v) is 3.75. The zero-order valence-electron chi connectivity index (χ0n) is 9.89. The summed E-state index contributed by atoms with van der Waals surface area (Å²) < 4.78 is 0. The van der Waals surface area contributed by atoms with E-state index in [1.807, 2.05) is 23.9 Å². The van der Waals surface area contributed by atoms with Gasteiger partial charge in [0.15, 0.2) is 0 Å². The zero-order chi connectivity index (χ0) is 12.1. The summed E-state index contributed by atoms with van der Waals surface area (Å²) in [5, 5.41) is 9.19. The molecule has 17 heavy (non-hydrogen) atoms. The van der Waals surface area contributed by atoms with Crippen molar-refractivity contribution in [3.05, 3.63) is 59.7 Å². The molecule has 0 atom stereocenters. The highest BCUT2D eigenvalue weighted by Crippen LogP contribution is 2.22. The van der Waals surface area contributed by atoms with Crippen molar-refractivity contribution in [1.29, 1.82) is 0 Å². The zero-order valence-corrected chi connectivity index (χ0v) is 10.7. The molecule has 0 aromatic heterocycles. The van der Waals surface area contributed by atoms with Gasteiger partial charge in [-0.1, -0.05) is 24.3 Å². The molecule has 88 valence electrons. The fourth-order valence-electron chi connectivity index (χ4n) is 1.71. The van der Waals surface area contributed by atoms with E-state index in [-0.39, 0.29) is 0 Å². The molecule has 2 rings (SSSR count). The molecule has 0 fully saturated rings. The smallest absolute Gasteiger partial charge is 0.115 e. The van der Waals surface area contributed by atoms with Gasteiger partial charge in [0, 0.05) is 10.6 Å². The van der Waals surface area contributed by atoms with Gasteiger partial charge in [0.25, 0.3) is 0 Å². The van der Waals surface area contributed by atoms with Gasteiger partial charge < -0.3 is 5.11 Å². The molecule has 0 saturated heterocycles. The summed E-state index contributed by atoms with van der Waals surface area (Å²) in [7, 11) is 0. The Balaban J connectivity index is 1.88. The van der Waals surface area contributed by atoms with Crippen LogP contribution in [0.5, 0.6) is 5.75 Å². The number of phenols is 1. The van der Waals surface area contributed by atoms with E-state index in [2.05, 4.69) is 31.2 Å². The van der Waals surface area contributed by atoms with Crippen LogP contribution in [-0.4, -0.2) is 10.9 Å². The lowest BCUT2D eigenvalue weighted by molar-refractivity contribution is 0.475. The Morgan fingerprint density at radius 3 is 2.41 bits per heavy atom. The van der Waals surface area contributed by atoms with Gasteiger partial charge >= 0.3 is 0 Å². The lowest BCUT2D eigenvalue weighted by Crippen LogP contribution is -1.91. The molecule has 0 amide bonds. The molecular weight excluding hydrogens is 228 g/mol. The van der Waals surface area contributed by atoms with Gasteiger partial charge in [-0.2, -0.15) is 0 Å². The Kier molecular flexibility index (Phi) is 4.10. The molecule has 1 N–H and O–H groups in total. The predicted molar refractivity (Wildman–Crippen MR) is 73.7 cm³/mol. The third kappa shape index (κ3) is 3.53. The van der Waals surface area contributed by atoms with Gasteiger partial charge in [-0.3, -0.25) is 0 Å². The minimum Gasteiger partial charge on any atom is -0.508 e. The van der Waals surface area contributed by atoms with Gasteiger partial charge in [-0.15, -0.1) is 11.8 Å². The fraction of sp³-hybridized carbons (Fsp3) is 0.200. The first-order chi connectivity index (χ1) is 8.25. The van der Waals surface area contributed by atoms with Crippen LogP contribution in [0.25, 0.3) is 0 Å². The van der Waals surface area contributed by atoms with E-state index in [4.69, 9.17) is 0 Å². The molecule has 0 aliphatic heterocycles. The number of aryl methyl sites for hydroxylation is 2. The number of rotatable bonds is 4. The summed E-state index contributed by atoms with van der Waals surface area (Å²) in [6.07, 6.45) is 1.08. The molecule has 0 aliphatic carbocycles. The van der Waals surface area contributed by atoms with Crippen molar-refractivity contribution < 1.29 is 5.11 Å². The van der Waals surface area contributed by atoms with Crippen molar-refractivity contribution in [2.24, 2.45) is 0 Å². The molecule has 0 radical (unpaired) electrons. The number of benzene rings is 2. The molecular formula is C15H16OS. The highest BCUT2D eigenvalue weighted by atomic mass is 32.2. The maximum Gasteiger partial charge on any atom is 0.115 e. The van der Waals surface area contributed by atoms with Crippen LogP contribution in [0.2, 0.25) is 0 Å². The standard InChI is InChI=1S/C15H16OS/c1-12-4-2-3-5-13(12)10-11-17-15-8-6-14(16)7-9-15/h2-9,16H,10-11H2,1H3. The van der Waals surface area contributed by atoms with Gasteiger partial charge in [0.1, 0.15) is 5.75 Å². The van der Waals surface area contributed by atoms with Crippen molar-refractivity contribution in [2.75, 3.05) is 5.75 Å². The molecule has 2 aromatic carbocycles. The van der Waals surface area contributed by atoms with Crippen LogP contribution < -0.4 is 0 Å². The lowest BCUT2D eigenvalue weighted by atomic mass is 10.1. The van der Waals surface area contributed by atoms with Crippen molar-refractivity contribution in [2.45, 2.75) is 18.2 Å². The van der Waals surface area contributed by atoms with E-state index < -0.39 is 0 Å². The van der Waals surface area contributed by atoms with Gasteiger partial charge in [-0.05, 0) is 48.7 Å². The van der Waals surface area contributed by atoms with Crippen LogP contribution >= 0.6 is 11.8 Å². The fourth-order valence-corrected chi connectivity index (χ4v) is 2.60.